The molecule has 0 bridgehead atoms. The predicted octanol–water partition coefficient (Wildman–Crippen LogP) is 2.90. The van der Waals surface area contributed by atoms with E-state index in [0.29, 0.717) is 29.5 Å². The lowest BCUT2D eigenvalue weighted by Crippen LogP contribution is -2.49. The third kappa shape index (κ3) is 4.91. The van der Waals surface area contributed by atoms with Crippen molar-refractivity contribution in [2.45, 2.75) is 19.2 Å². The maximum absolute atomic E-state index is 13.4. The summed E-state index contributed by atoms with van der Waals surface area (Å²) in [5, 5.41) is 2.88. The molecule has 0 radical (unpaired) electrons. The second-order valence-electron chi connectivity index (χ2n) is 8.01. The van der Waals surface area contributed by atoms with E-state index in [1.165, 1.54) is 4.90 Å². The Labute approximate surface area is 197 Å². The number of carbonyl (C=O) groups is 2. The van der Waals surface area contributed by atoms with Gasteiger partial charge in [-0.25, -0.2) is 0 Å². The van der Waals surface area contributed by atoms with Crippen molar-refractivity contribution in [2.24, 2.45) is 0 Å². The molecule has 174 valence electrons. The number of hydrogen-bond donors (Lipinski definition) is 1. The molecule has 2 heterocycles. The van der Waals surface area contributed by atoms with Gasteiger partial charge in [0.25, 0.3) is 5.91 Å². The number of ether oxygens (including phenoxy) is 4. The van der Waals surface area contributed by atoms with Crippen molar-refractivity contribution in [1.82, 2.24) is 10.2 Å². The lowest BCUT2D eigenvalue weighted by molar-refractivity contribution is -0.144. The van der Waals surface area contributed by atoms with Gasteiger partial charge in [-0.05, 0) is 35.4 Å². The molecule has 2 amide bonds. The van der Waals surface area contributed by atoms with Gasteiger partial charge in [0, 0.05) is 13.1 Å². The average molecular weight is 460 g/mol. The number of nitrogens with zero attached hydrogens (tertiary/aromatic N) is 1. The van der Waals surface area contributed by atoms with Crippen molar-refractivity contribution < 1.29 is 28.5 Å². The second kappa shape index (κ2) is 9.74. The molecule has 0 aliphatic carbocycles. The first kappa shape index (κ1) is 21.6. The monoisotopic (exact) mass is 460 g/mol. The van der Waals surface area contributed by atoms with Gasteiger partial charge in [0.15, 0.2) is 23.0 Å². The zero-order valence-corrected chi connectivity index (χ0v) is 18.4. The van der Waals surface area contributed by atoms with Gasteiger partial charge in [-0.3, -0.25) is 9.59 Å². The van der Waals surface area contributed by atoms with Crippen LogP contribution in [0.3, 0.4) is 0 Å². The lowest BCUT2D eigenvalue weighted by Gasteiger charge is -2.30. The molecule has 3 aromatic rings. The maximum Gasteiger partial charge on any atom is 0.268 e. The van der Waals surface area contributed by atoms with Crippen LogP contribution in [0.2, 0.25) is 0 Å². The molecule has 1 atom stereocenters. The van der Waals surface area contributed by atoms with Crippen LogP contribution >= 0.6 is 0 Å². The summed E-state index contributed by atoms with van der Waals surface area (Å²) in [6.45, 7) is 0.689. The van der Waals surface area contributed by atoms with Crippen LogP contribution in [0.25, 0.3) is 0 Å². The van der Waals surface area contributed by atoms with Crippen LogP contribution in [0, 0.1) is 0 Å². The quantitative estimate of drug-likeness (QED) is 0.584. The molecular formula is C26H24N2O6. The molecule has 0 spiro atoms. The van der Waals surface area contributed by atoms with E-state index >= 15 is 0 Å². The number of carbonyl (C=O) groups excluding carboxylic acids is 2. The number of rotatable bonds is 7. The van der Waals surface area contributed by atoms with Crippen LogP contribution in [0.15, 0.2) is 72.8 Å². The molecule has 3 aromatic carbocycles. The van der Waals surface area contributed by atoms with Crippen molar-refractivity contribution in [2.75, 3.05) is 19.9 Å². The Hall–Kier alpha value is -4.20. The number of para-hydroxylation sites is 2. The summed E-state index contributed by atoms with van der Waals surface area (Å²) < 4.78 is 22.4. The van der Waals surface area contributed by atoms with Crippen LogP contribution in [0.5, 0.6) is 23.0 Å². The van der Waals surface area contributed by atoms with Gasteiger partial charge in [-0.2, -0.15) is 0 Å². The fraction of sp³-hybridized carbons (Fsp3) is 0.231. The van der Waals surface area contributed by atoms with Crippen molar-refractivity contribution in [3.63, 3.8) is 0 Å². The Balaban J connectivity index is 1.31. The molecule has 0 fully saturated rings. The average Bonchev–Trinajstić information content (AvgIpc) is 3.35. The Morgan fingerprint density at radius 2 is 1.56 bits per heavy atom. The summed E-state index contributed by atoms with van der Waals surface area (Å²) in [5.74, 6) is 1.77. The predicted molar refractivity (Wildman–Crippen MR) is 123 cm³/mol. The van der Waals surface area contributed by atoms with E-state index in [1.54, 1.807) is 18.2 Å². The summed E-state index contributed by atoms with van der Waals surface area (Å²) in [5.41, 5.74) is 1.79. The number of amides is 2. The van der Waals surface area contributed by atoms with Crippen LogP contribution in [-0.4, -0.2) is 42.8 Å². The molecule has 2 aliphatic heterocycles. The highest BCUT2D eigenvalue weighted by molar-refractivity contribution is 5.87. The minimum atomic E-state index is -0.856. The molecule has 0 aromatic heterocycles. The van der Waals surface area contributed by atoms with Crippen molar-refractivity contribution in [1.29, 1.82) is 0 Å². The van der Waals surface area contributed by atoms with Crippen molar-refractivity contribution >= 4 is 11.8 Å². The SMILES string of the molecule is O=C(CN(Cc1ccc2c(c1)OCO2)C(=O)[C@@H]1COc2ccccc2O1)NCc1ccccc1. The van der Waals surface area contributed by atoms with E-state index in [9.17, 15) is 9.59 Å². The largest absolute Gasteiger partial charge is 0.485 e. The number of hydrogen-bond acceptors (Lipinski definition) is 6. The van der Waals surface area contributed by atoms with Crippen molar-refractivity contribution in [3.05, 3.63) is 83.9 Å². The standard InChI is InChI=1S/C26H24N2O6/c29-25(27-13-18-6-2-1-3-7-18)15-28(14-19-10-11-21-23(12-19)33-17-32-21)26(30)24-16-31-20-8-4-5-9-22(20)34-24/h1-12,24H,13-17H2,(H,27,29)/t24-/m0/s1. The second-order valence-corrected chi connectivity index (χ2v) is 8.01. The molecule has 0 saturated heterocycles. The van der Waals surface area contributed by atoms with Crippen molar-refractivity contribution in [3.8, 4) is 23.0 Å². The summed E-state index contributed by atoms with van der Waals surface area (Å²) in [6, 6.07) is 22.3. The molecular weight excluding hydrogens is 436 g/mol. The molecule has 34 heavy (non-hydrogen) atoms. The molecule has 0 unspecified atom stereocenters. The molecule has 1 N–H and O–H groups in total. The Kier molecular flexibility index (Phi) is 6.20. The van der Waals surface area contributed by atoms with Crippen LogP contribution < -0.4 is 24.3 Å². The summed E-state index contributed by atoms with van der Waals surface area (Å²) in [4.78, 5) is 27.7. The first-order valence-corrected chi connectivity index (χ1v) is 11.0. The van der Waals surface area contributed by atoms with E-state index in [1.807, 2.05) is 54.6 Å². The topological polar surface area (TPSA) is 86.3 Å². The fourth-order valence-electron chi connectivity index (χ4n) is 3.84. The maximum atomic E-state index is 13.4. The van der Waals surface area contributed by atoms with E-state index in [2.05, 4.69) is 5.32 Å². The summed E-state index contributed by atoms with van der Waals surface area (Å²) >= 11 is 0. The first-order chi connectivity index (χ1) is 16.7. The van der Waals surface area contributed by atoms with Crippen LogP contribution in [-0.2, 0) is 22.7 Å². The Morgan fingerprint density at radius 3 is 2.41 bits per heavy atom. The van der Waals surface area contributed by atoms with E-state index in [4.69, 9.17) is 18.9 Å². The van der Waals surface area contributed by atoms with Gasteiger partial charge in [-0.1, -0.05) is 48.5 Å². The zero-order chi connectivity index (χ0) is 23.3. The Morgan fingerprint density at radius 1 is 0.824 bits per heavy atom. The molecule has 0 saturated carbocycles. The van der Waals surface area contributed by atoms with Gasteiger partial charge in [0.2, 0.25) is 18.8 Å². The summed E-state index contributed by atoms with van der Waals surface area (Å²) in [6.07, 6.45) is -0.856. The fourth-order valence-corrected chi connectivity index (χ4v) is 3.84. The molecule has 8 nitrogen and oxygen atoms in total. The number of fused-ring (bicyclic) bond motifs is 2. The minimum absolute atomic E-state index is 0.0686. The van der Waals surface area contributed by atoms with Crippen LogP contribution in [0.4, 0.5) is 0 Å². The van der Waals surface area contributed by atoms with Gasteiger partial charge < -0.3 is 29.2 Å². The van der Waals surface area contributed by atoms with Gasteiger partial charge >= 0.3 is 0 Å². The molecule has 5 rings (SSSR count). The first-order valence-electron chi connectivity index (χ1n) is 11.0. The zero-order valence-electron chi connectivity index (χ0n) is 18.4. The van der Waals surface area contributed by atoms with E-state index in [0.717, 1.165) is 11.1 Å². The summed E-state index contributed by atoms with van der Waals surface area (Å²) in [7, 11) is 0. The highest BCUT2D eigenvalue weighted by Crippen LogP contribution is 2.34. The highest BCUT2D eigenvalue weighted by atomic mass is 16.7. The van der Waals surface area contributed by atoms with E-state index in [-0.39, 0.29) is 38.3 Å². The molecule has 2 aliphatic rings. The normalized spacial score (nSPS) is 15.5. The third-order valence-electron chi connectivity index (χ3n) is 5.57. The lowest BCUT2D eigenvalue weighted by atomic mass is 10.1. The molecule has 8 heteroatoms. The third-order valence-corrected chi connectivity index (χ3v) is 5.57. The van der Waals surface area contributed by atoms with Gasteiger partial charge in [0.1, 0.15) is 13.2 Å². The highest BCUT2D eigenvalue weighted by Gasteiger charge is 2.32. The van der Waals surface area contributed by atoms with Gasteiger partial charge in [-0.15, -0.1) is 0 Å². The number of benzene rings is 3. The van der Waals surface area contributed by atoms with Gasteiger partial charge in [0.05, 0.1) is 0 Å². The van der Waals surface area contributed by atoms with E-state index < -0.39 is 6.10 Å². The Bertz CT molecular complexity index is 1180. The smallest absolute Gasteiger partial charge is 0.268 e. The minimum Gasteiger partial charge on any atom is -0.485 e. The van der Waals surface area contributed by atoms with Crippen LogP contribution in [0.1, 0.15) is 11.1 Å². The number of nitrogens with one attached hydrogen (secondary N) is 1.